The van der Waals surface area contributed by atoms with E-state index in [0.29, 0.717) is 0 Å². The Kier molecular flexibility index (Phi) is 1.36. The third-order valence-corrected chi connectivity index (χ3v) is 1.29. The van der Waals surface area contributed by atoms with Gasteiger partial charge in [-0.25, -0.2) is 4.40 Å². The first-order valence-electron chi connectivity index (χ1n) is 2.04. The lowest BCUT2D eigenvalue weighted by Gasteiger charge is -1.96. The fourth-order valence-corrected chi connectivity index (χ4v) is 0.800. The van der Waals surface area contributed by atoms with Gasteiger partial charge in [0.2, 0.25) is 0 Å². The van der Waals surface area contributed by atoms with Gasteiger partial charge in [0.25, 0.3) is 0 Å². The highest BCUT2D eigenvalue weighted by molar-refractivity contribution is 8.01. The summed E-state index contributed by atoms with van der Waals surface area (Å²) in [5.41, 5.74) is 5.35. The molecule has 0 aromatic heterocycles. The number of hydrogen-bond acceptors (Lipinski definition) is 3. The molecule has 0 saturated carbocycles. The van der Waals surface area contributed by atoms with Gasteiger partial charge in [-0.15, -0.1) is 0 Å². The van der Waals surface area contributed by atoms with E-state index in [1.165, 1.54) is 11.9 Å². The second-order valence-corrected chi connectivity index (χ2v) is 2.09. The fourth-order valence-electron chi connectivity index (χ4n) is 0.347. The molecule has 0 aromatic carbocycles. The molecule has 0 aromatic rings. The van der Waals surface area contributed by atoms with E-state index in [1.807, 2.05) is 12.3 Å². The third-order valence-electron chi connectivity index (χ3n) is 0.657. The van der Waals surface area contributed by atoms with Gasteiger partial charge in [0, 0.05) is 24.6 Å². The lowest BCUT2D eigenvalue weighted by molar-refractivity contribution is 1.41. The smallest absolute Gasteiger partial charge is 0.0849 e. The molecule has 0 atom stereocenters. The maximum Gasteiger partial charge on any atom is 0.0849 e. The van der Waals surface area contributed by atoms with E-state index in [9.17, 15) is 0 Å². The molecule has 0 spiro atoms. The molecule has 7 heavy (non-hydrogen) atoms. The van der Waals surface area contributed by atoms with Crippen molar-refractivity contribution < 1.29 is 0 Å². The molecular formula is C4H6N2S. The van der Waals surface area contributed by atoms with Crippen molar-refractivity contribution >= 4 is 18.2 Å². The predicted molar refractivity (Wildman–Crippen MR) is 33.0 cm³/mol. The van der Waals surface area contributed by atoms with Crippen LogP contribution in [0.1, 0.15) is 6.42 Å². The standard InChI is InChI=1S/C4H6N2S/c5-4-2-1-3-6-7-4/h2-3H,1,5H2. The van der Waals surface area contributed by atoms with Gasteiger partial charge < -0.3 is 5.73 Å². The van der Waals surface area contributed by atoms with Crippen LogP contribution in [0, 0.1) is 0 Å². The topological polar surface area (TPSA) is 38.4 Å². The minimum atomic E-state index is 0.808. The van der Waals surface area contributed by atoms with Crippen LogP contribution in [-0.2, 0) is 0 Å². The molecule has 38 valence electrons. The summed E-state index contributed by atoms with van der Waals surface area (Å²) < 4.78 is 3.86. The summed E-state index contributed by atoms with van der Waals surface area (Å²) in [7, 11) is 0. The Hall–Kier alpha value is -0.440. The summed E-state index contributed by atoms with van der Waals surface area (Å²) in [5.74, 6) is 0. The normalized spacial score (nSPS) is 19.1. The Bertz CT molecular complexity index is 117. The van der Waals surface area contributed by atoms with Crippen LogP contribution in [0.2, 0.25) is 0 Å². The van der Waals surface area contributed by atoms with Crippen LogP contribution in [0.25, 0.3) is 0 Å². The Morgan fingerprint density at radius 2 is 2.71 bits per heavy atom. The zero-order valence-corrected chi connectivity index (χ0v) is 4.61. The molecule has 0 saturated heterocycles. The molecule has 2 nitrogen and oxygen atoms in total. The molecule has 1 aliphatic rings. The molecule has 1 heterocycles. The van der Waals surface area contributed by atoms with Gasteiger partial charge in [-0.05, 0) is 6.08 Å². The largest absolute Gasteiger partial charge is 0.392 e. The Labute approximate surface area is 46.6 Å². The Morgan fingerprint density at radius 3 is 3.00 bits per heavy atom. The van der Waals surface area contributed by atoms with E-state index >= 15 is 0 Å². The molecule has 0 aliphatic carbocycles. The zero-order chi connectivity index (χ0) is 5.11. The van der Waals surface area contributed by atoms with Crippen LogP contribution in [-0.4, -0.2) is 6.21 Å². The summed E-state index contributed by atoms with van der Waals surface area (Å²) in [6.45, 7) is 0. The van der Waals surface area contributed by atoms with E-state index < -0.39 is 0 Å². The van der Waals surface area contributed by atoms with Crippen LogP contribution in [0.4, 0.5) is 0 Å². The van der Waals surface area contributed by atoms with Crippen molar-refractivity contribution in [3.8, 4) is 0 Å². The SMILES string of the molecule is NC1=CCC=NS1. The number of rotatable bonds is 0. The molecule has 0 fully saturated rings. The molecule has 1 aliphatic heterocycles. The van der Waals surface area contributed by atoms with Crippen LogP contribution < -0.4 is 5.73 Å². The molecule has 0 bridgehead atoms. The van der Waals surface area contributed by atoms with E-state index in [0.717, 1.165) is 11.4 Å². The highest BCUT2D eigenvalue weighted by atomic mass is 32.2. The number of allylic oxidation sites excluding steroid dienone is 1. The summed E-state index contributed by atoms with van der Waals surface area (Å²) >= 11 is 1.33. The molecule has 1 rings (SSSR count). The predicted octanol–water partition coefficient (Wildman–Crippen LogP) is 0.909. The summed E-state index contributed by atoms with van der Waals surface area (Å²) in [4.78, 5) is 0. The maximum atomic E-state index is 5.35. The van der Waals surface area contributed by atoms with Crippen LogP contribution in [0.3, 0.4) is 0 Å². The Morgan fingerprint density at radius 1 is 1.86 bits per heavy atom. The quantitative estimate of drug-likeness (QED) is 0.475. The van der Waals surface area contributed by atoms with Gasteiger partial charge in [-0.2, -0.15) is 0 Å². The van der Waals surface area contributed by atoms with Crippen molar-refractivity contribution in [3.63, 3.8) is 0 Å². The monoisotopic (exact) mass is 114 g/mol. The van der Waals surface area contributed by atoms with E-state index in [4.69, 9.17) is 5.73 Å². The molecule has 0 radical (unpaired) electrons. The second kappa shape index (κ2) is 2.02. The fraction of sp³-hybridized carbons (Fsp3) is 0.250. The summed E-state index contributed by atoms with van der Waals surface area (Å²) in [6.07, 6.45) is 4.66. The van der Waals surface area contributed by atoms with Crippen molar-refractivity contribution in [1.29, 1.82) is 0 Å². The van der Waals surface area contributed by atoms with E-state index in [2.05, 4.69) is 4.40 Å². The third kappa shape index (κ3) is 1.23. The lowest BCUT2D eigenvalue weighted by Crippen LogP contribution is -1.93. The van der Waals surface area contributed by atoms with Crippen molar-refractivity contribution in [2.45, 2.75) is 6.42 Å². The first-order chi connectivity index (χ1) is 3.39. The van der Waals surface area contributed by atoms with Crippen molar-refractivity contribution in [1.82, 2.24) is 0 Å². The van der Waals surface area contributed by atoms with Gasteiger partial charge in [0.05, 0.1) is 5.03 Å². The molecule has 2 N–H and O–H groups in total. The average molecular weight is 114 g/mol. The molecule has 3 heteroatoms. The average Bonchev–Trinajstić information content (AvgIpc) is 1.69. The summed E-state index contributed by atoms with van der Waals surface area (Å²) in [6, 6.07) is 0. The van der Waals surface area contributed by atoms with Gasteiger partial charge in [0.15, 0.2) is 0 Å². The minimum Gasteiger partial charge on any atom is -0.392 e. The minimum absolute atomic E-state index is 0.808. The van der Waals surface area contributed by atoms with Crippen LogP contribution in [0.5, 0.6) is 0 Å². The van der Waals surface area contributed by atoms with E-state index in [1.54, 1.807) is 0 Å². The maximum absolute atomic E-state index is 5.35. The first-order valence-corrected chi connectivity index (χ1v) is 2.81. The number of nitrogens with two attached hydrogens (primary N) is 1. The van der Waals surface area contributed by atoms with Crippen LogP contribution in [0.15, 0.2) is 15.5 Å². The molecule has 0 unspecified atom stereocenters. The van der Waals surface area contributed by atoms with Gasteiger partial charge in [0.1, 0.15) is 0 Å². The first kappa shape index (κ1) is 4.71. The molecule has 0 amide bonds. The number of nitrogens with zero attached hydrogens (tertiary/aromatic N) is 1. The molecular weight excluding hydrogens is 108 g/mol. The number of hydrogen-bond donors (Lipinski definition) is 1. The van der Waals surface area contributed by atoms with Crippen LogP contribution >= 0.6 is 11.9 Å². The van der Waals surface area contributed by atoms with Gasteiger partial charge in [-0.3, -0.25) is 0 Å². The van der Waals surface area contributed by atoms with Gasteiger partial charge >= 0.3 is 0 Å². The summed E-state index contributed by atoms with van der Waals surface area (Å²) in [5, 5.41) is 0.808. The van der Waals surface area contributed by atoms with Gasteiger partial charge in [-0.1, -0.05) is 0 Å². The lowest BCUT2D eigenvalue weighted by atomic mass is 10.4. The van der Waals surface area contributed by atoms with Crippen molar-refractivity contribution in [2.75, 3.05) is 0 Å². The van der Waals surface area contributed by atoms with E-state index in [-0.39, 0.29) is 0 Å². The second-order valence-electron chi connectivity index (χ2n) is 1.22. The van der Waals surface area contributed by atoms with Crippen molar-refractivity contribution in [2.24, 2.45) is 10.1 Å². The zero-order valence-electron chi connectivity index (χ0n) is 3.79. The highest BCUT2D eigenvalue weighted by Crippen LogP contribution is 2.13. The highest BCUT2D eigenvalue weighted by Gasteiger charge is 1.90. The van der Waals surface area contributed by atoms with Crippen molar-refractivity contribution in [3.05, 3.63) is 11.1 Å². The Balaban J connectivity index is 2.50.